The molecule has 0 aliphatic heterocycles. The van der Waals surface area contributed by atoms with Crippen LogP contribution in [0.25, 0.3) is 0 Å². The van der Waals surface area contributed by atoms with Crippen molar-refractivity contribution < 1.29 is 0 Å². The van der Waals surface area contributed by atoms with Gasteiger partial charge in [-0.2, -0.15) is 11.3 Å². The highest BCUT2D eigenvalue weighted by atomic mass is 32.1. The zero-order valence-electron chi connectivity index (χ0n) is 12.4. The van der Waals surface area contributed by atoms with Crippen LogP contribution < -0.4 is 5.32 Å². The second-order valence-corrected chi connectivity index (χ2v) is 5.96. The summed E-state index contributed by atoms with van der Waals surface area (Å²) in [5, 5.41) is 7.97. The van der Waals surface area contributed by atoms with Crippen LogP contribution in [-0.4, -0.2) is 25.0 Å². The van der Waals surface area contributed by atoms with Crippen molar-refractivity contribution in [3.8, 4) is 0 Å². The van der Waals surface area contributed by atoms with Crippen molar-refractivity contribution in [3.63, 3.8) is 0 Å². The molecule has 1 heterocycles. The number of benzene rings is 1. The maximum Gasteiger partial charge on any atom is 0.0332 e. The normalized spacial score (nSPS) is 12.8. The molecule has 2 nitrogen and oxygen atoms in total. The summed E-state index contributed by atoms with van der Waals surface area (Å²) in [5.41, 5.74) is 2.80. The summed E-state index contributed by atoms with van der Waals surface area (Å²) in [5.74, 6) is 0. The second kappa shape index (κ2) is 8.20. The molecular formula is C17H24N2S. The molecule has 2 rings (SSSR count). The molecule has 20 heavy (non-hydrogen) atoms. The standard InChI is InChI=1S/C17H24N2S/c1-3-18-17(16-7-5-4-6-8-16)9-11-19(2)13-15-10-12-20-14-15/h4-8,10,12,14,17-18H,3,9,11,13H2,1-2H3. The molecule has 0 amide bonds. The van der Waals surface area contributed by atoms with E-state index in [-0.39, 0.29) is 0 Å². The van der Waals surface area contributed by atoms with E-state index < -0.39 is 0 Å². The highest BCUT2D eigenvalue weighted by Crippen LogP contribution is 2.17. The first-order valence-corrected chi connectivity index (χ1v) is 8.22. The summed E-state index contributed by atoms with van der Waals surface area (Å²) in [6.07, 6.45) is 1.14. The van der Waals surface area contributed by atoms with Gasteiger partial charge in [-0.1, -0.05) is 37.3 Å². The van der Waals surface area contributed by atoms with Crippen molar-refractivity contribution >= 4 is 11.3 Å². The van der Waals surface area contributed by atoms with E-state index in [1.54, 1.807) is 11.3 Å². The summed E-state index contributed by atoms with van der Waals surface area (Å²) in [6.45, 7) is 5.32. The first-order chi connectivity index (χ1) is 9.79. The summed E-state index contributed by atoms with van der Waals surface area (Å²) >= 11 is 1.77. The van der Waals surface area contributed by atoms with E-state index in [0.29, 0.717) is 6.04 Å². The molecule has 1 atom stereocenters. The second-order valence-electron chi connectivity index (χ2n) is 5.18. The molecule has 1 aromatic carbocycles. The van der Waals surface area contributed by atoms with Crippen LogP contribution in [0, 0.1) is 0 Å². The van der Waals surface area contributed by atoms with Crippen LogP contribution in [0.4, 0.5) is 0 Å². The Labute approximate surface area is 126 Å². The van der Waals surface area contributed by atoms with E-state index in [1.807, 2.05) is 0 Å². The van der Waals surface area contributed by atoms with Gasteiger partial charge in [0.2, 0.25) is 0 Å². The van der Waals surface area contributed by atoms with Crippen molar-refractivity contribution in [1.29, 1.82) is 0 Å². The third-order valence-corrected chi connectivity index (χ3v) is 4.22. The SMILES string of the molecule is CCNC(CCN(C)Cc1ccsc1)c1ccccc1. The lowest BCUT2D eigenvalue weighted by atomic mass is 10.0. The summed E-state index contributed by atoms with van der Waals surface area (Å²) in [6, 6.07) is 13.4. The highest BCUT2D eigenvalue weighted by Gasteiger charge is 2.11. The molecular weight excluding hydrogens is 264 g/mol. The van der Waals surface area contributed by atoms with Crippen molar-refractivity contribution in [2.24, 2.45) is 0 Å². The molecule has 0 bridgehead atoms. The van der Waals surface area contributed by atoms with Crippen LogP contribution in [-0.2, 0) is 6.54 Å². The zero-order chi connectivity index (χ0) is 14.2. The van der Waals surface area contributed by atoms with E-state index in [1.165, 1.54) is 11.1 Å². The maximum atomic E-state index is 3.59. The molecule has 2 aromatic rings. The van der Waals surface area contributed by atoms with Crippen LogP contribution in [0.15, 0.2) is 47.2 Å². The molecule has 1 unspecified atom stereocenters. The smallest absolute Gasteiger partial charge is 0.0332 e. The lowest BCUT2D eigenvalue weighted by molar-refractivity contribution is 0.302. The molecule has 0 aliphatic carbocycles. The Morgan fingerprint density at radius 3 is 2.65 bits per heavy atom. The quantitative estimate of drug-likeness (QED) is 0.792. The average molecular weight is 288 g/mol. The molecule has 1 N–H and O–H groups in total. The van der Waals surface area contributed by atoms with Crippen LogP contribution >= 0.6 is 11.3 Å². The number of thiophene rings is 1. The van der Waals surface area contributed by atoms with Crippen molar-refractivity contribution in [1.82, 2.24) is 10.2 Å². The summed E-state index contributed by atoms with van der Waals surface area (Å²) in [7, 11) is 2.20. The number of hydrogen-bond donors (Lipinski definition) is 1. The largest absolute Gasteiger partial charge is 0.310 e. The lowest BCUT2D eigenvalue weighted by Crippen LogP contribution is -2.27. The Hall–Kier alpha value is -1.16. The predicted octanol–water partition coefficient (Wildman–Crippen LogP) is 3.92. The van der Waals surface area contributed by atoms with Gasteiger partial charge < -0.3 is 10.2 Å². The number of rotatable bonds is 8. The van der Waals surface area contributed by atoms with Gasteiger partial charge in [0, 0.05) is 12.6 Å². The fraction of sp³-hybridized carbons (Fsp3) is 0.412. The molecule has 108 valence electrons. The fourth-order valence-corrected chi connectivity index (χ4v) is 3.10. The molecule has 0 spiro atoms. The third kappa shape index (κ3) is 4.75. The molecule has 0 saturated carbocycles. The van der Waals surface area contributed by atoms with Gasteiger partial charge in [-0.05, 0) is 54.5 Å². The average Bonchev–Trinajstić information content (AvgIpc) is 2.97. The van der Waals surface area contributed by atoms with Gasteiger partial charge in [0.05, 0.1) is 0 Å². The third-order valence-electron chi connectivity index (χ3n) is 3.48. The first kappa shape index (κ1) is 15.2. The minimum Gasteiger partial charge on any atom is -0.310 e. The monoisotopic (exact) mass is 288 g/mol. The topological polar surface area (TPSA) is 15.3 Å². The van der Waals surface area contributed by atoms with Crippen LogP contribution in [0.1, 0.15) is 30.5 Å². The van der Waals surface area contributed by atoms with E-state index in [4.69, 9.17) is 0 Å². The first-order valence-electron chi connectivity index (χ1n) is 7.27. The van der Waals surface area contributed by atoms with Gasteiger partial charge in [-0.3, -0.25) is 0 Å². The van der Waals surface area contributed by atoms with Gasteiger partial charge in [0.15, 0.2) is 0 Å². The van der Waals surface area contributed by atoms with E-state index in [2.05, 4.69) is 71.3 Å². The minimum atomic E-state index is 0.450. The minimum absolute atomic E-state index is 0.450. The van der Waals surface area contributed by atoms with Crippen LogP contribution in [0.2, 0.25) is 0 Å². The van der Waals surface area contributed by atoms with Gasteiger partial charge in [0.25, 0.3) is 0 Å². The van der Waals surface area contributed by atoms with E-state index in [0.717, 1.165) is 26.1 Å². The molecule has 3 heteroatoms. The fourth-order valence-electron chi connectivity index (χ4n) is 2.44. The van der Waals surface area contributed by atoms with Gasteiger partial charge in [-0.25, -0.2) is 0 Å². The number of hydrogen-bond acceptors (Lipinski definition) is 3. The Kier molecular flexibility index (Phi) is 6.25. The Balaban J connectivity index is 1.85. The van der Waals surface area contributed by atoms with Gasteiger partial charge in [0.1, 0.15) is 0 Å². The number of nitrogens with zero attached hydrogens (tertiary/aromatic N) is 1. The molecule has 0 saturated heterocycles. The van der Waals surface area contributed by atoms with E-state index in [9.17, 15) is 0 Å². The van der Waals surface area contributed by atoms with Crippen molar-refractivity contribution in [2.45, 2.75) is 25.9 Å². The molecule has 1 aromatic heterocycles. The Bertz CT molecular complexity index is 467. The van der Waals surface area contributed by atoms with Gasteiger partial charge in [-0.15, -0.1) is 0 Å². The van der Waals surface area contributed by atoms with Crippen molar-refractivity contribution in [2.75, 3.05) is 20.1 Å². The predicted molar refractivity (Wildman–Crippen MR) is 88.1 cm³/mol. The highest BCUT2D eigenvalue weighted by molar-refractivity contribution is 7.07. The van der Waals surface area contributed by atoms with Gasteiger partial charge >= 0.3 is 0 Å². The van der Waals surface area contributed by atoms with Crippen LogP contribution in [0.3, 0.4) is 0 Å². The van der Waals surface area contributed by atoms with Crippen molar-refractivity contribution in [3.05, 3.63) is 58.3 Å². The Morgan fingerprint density at radius 2 is 2.00 bits per heavy atom. The number of nitrogens with one attached hydrogen (secondary N) is 1. The summed E-state index contributed by atoms with van der Waals surface area (Å²) in [4.78, 5) is 2.40. The summed E-state index contributed by atoms with van der Waals surface area (Å²) < 4.78 is 0. The zero-order valence-corrected chi connectivity index (χ0v) is 13.2. The lowest BCUT2D eigenvalue weighted by Gasteiger charge is -2.22. The van der Waals surface area contributed by atoms with Crippen LogP contribution in [0.5, 0.6) is 0 Å². The van der Waals surface area contributed by atoms with E-state index >= 15 is 0 Å². The molecule has 0 aliphatic rings. The molecule has 0 radical (unpaired) electrons. The molecule has 0 fully saturated rings. The maximum absolute atomic E-state index is 3.59. The Morgan fingerprint density at radius 1 is 1.20 bits per heavy atom.